The van der Waals surface area contributed by atoms with Crippen LogP contribution in [0.2, 0.25) is 0 Å². The van der Waals surface area contributed by atoms with Crippen molar-refractivity contribution in [2.24, 2.45) is 5.92 Å². The molecule has 23 heavy (non-hydrogen) atoms. The van der Waals surface area contributed by atoms with Crippen LogP contribution in [0.1, 0.15) is 42.2 Å². The number of aromatic nitrogens is 2. The largest absolute Gasteiger partial charge is 0.332 e. The van der Waals surface area contributed by atoms with Crippen LogP contribution < -0.4 is 22.1 Å². The maximum absolute atomic E-state index is 12.9. The van der Waals surface area contributed by atoms with E-state index in [1.807, 2.05) is 18.5 Å². The number of rotatable bonds is 6. The average molecular weight is 334 g/mol. The van der Waals surface area contributed by atoms with Gasteiger partial charge in [-0.1, -0.05) is 0 Å². The van der Waals surface area contributed by atoms with Crippen LogP contribution in [0.5, 0.6) is 0 Å². The van der Waals surface area contributed by atoms with E-state index >= 15 is 0 Å². The summed E-state index contributed by atoms with van der Waals surface area (Å²) in [5.41, 5.74) is 6.81. The molecule has 2 aliphatic carbocycles. The summed E-state index contributed by atoms with van der Waals surface area (Å²) >= 11 is 1.58. The number of thiophene rings is 1. The Labute approximate surface area is 138 Å². The van der Waals surface area contributed by atoms with E-state index in [2.05, 4.69) is 10.9 Å². The highest BCUT2D eigenvalue weighted by atomic mass is 32.1. The summed E-state index contributed by atoms with van der Waals surface area (Å²) in [5, 5.41) is 0.745. The van der Waals surface area contributed by atoms with Gasteiger partial charge in [-0.05, 0) is 51.1 Å². The van der Waals surface area contributed by atoms with Gasteiger partial charge >= 0.3 is 5.69 Å². The van der Waals surface area contributed by atoms with Gasteiger partial charge in [0, 0.05) is 24.0 Å². The van der Waals surface area contributed by atoms with Gasteiger partial charge in [0.2, 0.25) is 0 Å². The zero-order valence-corrected chi connectivity index (χ0v) is 14.3. The van der Waals surface area contributed by atoms with Crippen molar-refractivity contribution in [2.45, 2.75) is 51.7 Å². The molecule has 2 heterocycles. The molecule has 2 aliphatic rings. The molecule has 2 N–H and O–H groups in total. The molecule has 0 saturated heterocycles. The average Bonchev–Trinajstić information content (AvgIpc) is 3.42. The molecule has 0 spiro atoms. The minimum Gasteiger partial charge on any atom is -0.284 e. The Morgan fingerprint density at radius 1 is 1.22 bits per heavy atom. The van der Waals surface area contributed by atoms with E-state index in [-0.39, 0.29) is 17.3 Å². The number of hydrogen-bond acceptors (Lipinski definition) is 5. The van der Waals surface area contributed by atoms with Crippen LogP contribution in [0.25, 0.3) is 10.2 Å². The molecule has 0 aliphatic heterocycles. The number of nitrogens with one attached hydrogen (secondary N) is 2. The van der Waals surface area contributed by atoms with E-state index in [4.69, 9.17) is 0 Å². The van der Waals surface area contributed by atoms with Gasteiger partial charge in [-0.15, -0.1) is 11.3 Å². The van der Waals surface area contributed by atoms with Crippen molar-refractivity contribution in [1.29, 1.82) is 0 Å². The summed E-state index contributed by atoms with van der Waals surface area (Å²) in [6, 6.07) is 0.114. The van der Waals surface area contributed by atoms with E-state index in [1.165, 1.54) is 17.4 Å². The van der Waals surface area contributed by atoms with E-state index in [0.29, 0.717) is 12.5 Å². The van der Waals surface area contributed by atoms with Crippen molar-refractivity contribution >= 4 is 21.6 Å². The third-order valence-corrected chi connectivity index (χ3v) is 6.13. The molecule has 0 unspecified atom stereocenters. The maximum atomic E-state index is 12.9. The molecule has 124 valence electrons. The van der Waals surface area contributed by atoms with Crippen LogP contribution in [0, 0.1) is 12.8 Å². The van der Waals surface area contributed by atoms with Crippen LogP contribution in [-0.4, -0.2) is 16.2 Å². The Kier molecular flexibility index (Phi) is 3.66. The Morgan fingerprint density at radius 3 is 2.57 bits per heavy atom. The highest BCUT2D eigenvalue weighted by Crippen LogP contribution is 2.36. The molecular formula is C16H22N4O2S. The first-order valence-corrected chi connectivity index (χ1v) is 9.10. The van der Waals surface area contributed by atoms with Crippen LogP contribution in [0.15, 0.2) is 9.59 Å². The molecular weight excluding hydrogens is 312 g/mol. The molecule has 7 heteroatoms. The predicted octanol–water partition coefficient (Wildman–Crippen LogP) is 1.50. The summed E-state index contributed by atoms with van der Waals surface area (Å²) in [6.07, 6.45) is 4.27. The van der Waals surface area contributed by atoms with Gasteiger partial charge in [-0.2, -0.15) is 0 Å². The Hall–Kier alpha value is -1.44. The SMILES string of the molecule is CNNCc1sc2c(c1C)c(=O)n(C1CC1)c(=O)n2CC1CC1. The highest BCUT2D eigenvalue weighted by molar-refractivity contribution is 7.18. The van der Waals surface area contributed by atoms with Crippen molar-refractivity contribution in [3.63, 3.8) is 0 Å². The summed E-state index contributed by atoms with van der Waals surface area (Å²) in [6.45, 7) is 3.40. The fourth-order valence-corrected chi connectivity index (χ4v) is 4.36. The summed E-state index contributed by atoms with van der Waals surface area (Å²) in [7, 11) is 1.83. The second-order valence-corrected chi connectivity index (χ2v) is 7.76. The van der Waals surface area contributed by atoms with Gasteiger partial charge in [-0.3, -0.25) is 24.8 Å². The van der Waals surface area contributed by atoms with E-state index < -0.39 is 0 Å². The van der Waals surface area contributed by atoms with Crippen LogP contribution >= 0.6 is 11.3 Å². The maximum Gasteiger partial charge on any atom is 0.332 e. The van der Waals surface area contributed by atoms with Crippen LogP contribution in [0.4, 0.5) is 0 Å². The standard InChI is InChI=1S/C16H22N4O2S/c1-9-12(7-18-17-2)23-15-13(9)14(21)20(11-5-6-11)16(22)19(15)8-10-3-4-10/h10-11,17-18H,3-8H2,1-2H3. The van der Waals surface area contributed by atoms with Gasteiger partial charge in [0.15, 0.2) is 0 Å². The summed E-state index contributed by atoms with van der Waals surface area (Å²) in [5.74, 6) is 0.599. The lowest BCUT2D eigenvalue weighted by Crippen LogP contribution is -2.39. The topological polar surface area (TPSA) is 68.1 Å². The number of fused-ring (bicyclic) bond motifs is 1. The molecule has 0 radical (unpaired) electrons. The summed E-state index contributed by atoms with van der Waals surface area (Å²) in [4.78, 5) is 27.8. The van der Waals surface area contributed by atoms with E-state index in [0.717, 1.165) is 40.0 Å². The third-order valence-electron chi connectivity index (χ3n) is 4.82. The normalized spacial score (nSPS) is 18.0. The smallest absolute Gasteiger partial charge is 0.284 e. The fraction of sp³-hybridized carbons (Fsp3) is 0.625. The van der Waals surface area contributed by atoms with Gasteiger partial charge in [0.05, 0.1) is 5.39 Å². The molecule has 2 saturated carbocycles. The lowest BCUT2D eigenvalue weighted by atomic mass is 10.2. The molecule has 6 nitrogen and oxygen atoms in total. The molecule has 4 rings (SSSR count). The molecule has 0 atom stereocenters. The van der Waals surface area contributed by atoms with Crippen molar-refractivity contribution < 1.29 is 0 Å². The zero-order chi connectivity index (χ0) is 16.1. The third kappa shape index (κ3) is 2.56. The molecule has 2 fully saturated rings. The lowest BCUT2D eigenvalue weighted by Gasteiger charge is -2.11. The first-order valence-electron chi connectivity index (χ1n) is 8.28. The minimum atomic E-state index is -0.105. The van der Waals surface area contributed by atoms with Crippen molar-refractivity contribution in [3.8, 4) is 0 Å². The second kappa shape index (κ2) is 5.58. The number of hydrogen-bond donors (Lipinski definition) is 2. The zero-order valence-electron chi connectivity index (χ0n) is 13.5. The Bertz CT molecular complexity index is 871. The highest BCUT2D eigenvalue weighted by Gasteiger charge is 2.32. The van der Waals surface area contributed by atoms with Gasteiger partial charge < -0.3 is 0 Å². The molecule has 2 aromatic rings. The predicted molar refractivity (Wildman–Crippen MR) is 92.0 cm³/mol. The van der Waals surface area contributed by atoms with Crippen molar-refractivity contribution in [2.75, 3.05) is 7.05 Å². The van der Waals surface area contributed by atoms with Crippen LogP contribution in [-0.2, 0) is 13.1 Å². The Morgan fingerprint density at radius 2 is 1.96 bits per heavy atom. The first kappa shape index (κ1) is 15.1. The first-order chi connectivity index (χ1) is 11.1. The van der Waals surface area contributed by atoms with Gasteiger partial charge in [0.25, 0.3) is 5.56 Å². The number of nitrogens with zero attached hydrogens (tertiary/aromatic N) is 2. The van der Waals surface area contributed by atoms with Gasteiger partial charge in [0.1, 0.15) is 4.83 Å². The monoisotopic (exact) mass is 334 g/mol. The summed E-state index contributed by atoms with van der Waals surface area (Å²) < 4.78 is 3.38. The van der Waals surface area contributed by atoms with E-state index in [1.54, 1.807) is 11.3 Å². The molecule has 0 bridgehead atoms. The number of aryl methyl sites for hydroxylation is 1. The Balaban J connectivity index is 1.96. The van der Waals surface area contributed by atoms with Crippen molar-refractivity contribution in [3.05, 3.63) is 31.3 Å². The second-order valence-electron chi connectivity index (χ2n) is 6.68. The van der Waals surface area contributed by atoms with Crippen molar-refractivity contribution in [1.82, 2.24) is 20.0 Å². The minimum absolute atomic E-state index is 0.0935. The lowest BCUT2D eigenvalue weighted by molar-refractivity contribution is 0.555. The fourth-order valence-electron chi connectivity index (χ4n) is 3.12. The van der Waals surface area contributed by atoms with Gasteiger partial charge in [-0.25, -0.2) is 4.79 Å². The number of hydrazine groups is 1. The van der Waals surface area contributed by atoms with E-state index in [9.17, 15) is 9.59 Å². The van der Waals surface area contributed by atoms with Crippen LogP contribution in [0.3, 0.4) is 0 Å². The molecule has 2 aromatic heterocycles. The quantitative estimate of drug-likeness (QED) is 0.786. The molecule has 0 amide bonds. The molecule has 0 aromatic carbocycles.